The Balaban J connectivity index is 1.35. The lowest BCUT2D eigenvalue weighted by Gasteiger charge is -2.42. The van der Waals surface area contributed by atoms with Gasteiger partial charge in [0.05, 0.1) is 19.8 Å². The van der Waals surface area contributed by atoms with Crippen LogP contribution in [0.3, 0.4) is 0 Å². The van der Waals surface area contributed by atoms with Crippen LogP contribution in [-0.2, 0) is 16.1 Å². The summed E-state index contributed by atoms with van der Waals surface area (Å²) in [4.78, 5) is 20.0. The number of carbonyl (C=O) groups is 1. The molecule has 3 aliphatic rings. The first-order valence-corrected chi connectivity index (χ1v) is 11.2. The molecule has 0 aliphatic carbocycles. The van der Waals surface area contributed by atoms with Crippen molar-refractivity contribution < 1.29 is 9.53 Å². The van der Waals surface area contributed by atoms with Crippen molar-refractivity contribution in [1.82, 2.24) is 14.7 Å². The number of carbonyl (C=O) groups excluding carboxylic acids is 1. The number of rotatable bonds is 4. The van der Waals surface area contributed by atoms with Crippen LogP contribution in [0.1, 0.15) is 37.7 Å². The number of hydrogen-bond donors (Lipinski definition) is 0. The molecular formula is C23H35N3O2. The van der Waals surface area contributed by atoms with E-state index in [1.807, 2.05) is 0 Å². The van der Waals surface area contributed by atoms with Gasteiger partial charge in [0.25, 0.3) is 0 Å². The second-order valence-electron chi connectivity index (χ2n) is 8.68. The number of amides is 1. The fourth-order valence-electron chi connectivity index (χ4n) is 5.07. The van der Waals surface area contributed by atoms with Crippen molar-refractivity contribution in [3.05, 3.63) is 35.9 Å². The molecule has 1 aromatic rings. The molecule has 0 bridgehead atoms. The Labute approximate surface area is 169 Å². The Morgan fingerprint density at radius 2 is 1.79 bits per heavy atom. The van der Waals surface area contributed by atoms with E-state index >= 15 is 0 Å². The smallest absolute Gasteiger partial charge is 0.236 e. The molecule has 3 saturated heterocycles. The molecule has 0 saturated carbocycles. The number of piperidine rings is 1. The van der Waals surface area contributed by atoms with Crippen molar-refractivity contribution in [2.45, 2.75) is 44.7 Å². The zero-order valence-corrected chi connectivity index (χ0v) is 17.1. The number of ether oxygens (including phenoxy) is 1. The summed E-state index contributed by atoms with van der Waals surface area (Å²) in [6.07, 6.45) is 6.16. The van der Waals surface area contributed by atoms with E-state index in [-0.39, 0.29) is 0 Å². The van der Waals surface area contributed by atoms with Gasteiger partial charge in [-0.3, -0.25) is 14.6 Å². The van der Waals surface area contributed by atoms with Crippen LogP contribution in [0.15, 0.2) is 30.3 Å². The van der Waals surface area contributed by atoms with Crippen LogP contribution in [0.5, 0.6) is 0 Å². The average Bonchev–Trinajstić information content (AvgIpc) is 3.09. The molecule has 154 valence electrons. The summed E-state index contributed by atoms with van der Waals surface area (Å²) in [5.41, 5.74) is 1.36. The van der Waals surface area contributed by atoms with E-state index in [1.165, 1.54) is 31.2 Å². The molecule has 0 spiro atoms. The minimum absolute atomic E-state index is 0.319. The van der Waals surface area contributed by atoms with E-state index in [0.29, 0.717) is 24.4 Å². The minimum Gasteiger partial charge on any atom is -0.380 e. The number of hydrogen-bond acceptors (Lipinski definition) is 4. The zero-order valence-electron chi connectivity index (χ0n) is 17.1. The van der Waals surface area contributed by atoms with Crippen molar-refractivity contribution in [1.29, 1.82) is 0 Å². The molecular weight excluding hydrogens is 350 g/mol. The summed E-state index contributed by atoms with van der Waals surface area (Å²) in [7, 11) is 0. The third-order valence-electron chi connectivity index (χ3n) is 6.66. The van der Waals surface area contributed by atoms with Gasteiger partial charge in [0.2, 0.25) is 5.91 Å². The number of likely N-dealkylation sites (tertiary alicyclic amines) is 2. The van der Waals surface area contributed by atoms with E-state index in [9.17, 15) is 4.79 Å². The predicted octanol–water partition coefficient (Wildman–Crippen LogP) is 2.61. The Morgan fingerprint density at radius 1 is 1.00 bits per heavy atom. The van der Waals surface area contributed by atoms with Crippen LogP contribution >= 0.6 is 0 Å². The summed E-state index contributed by atoms with van der Waals surface area (Å²) in [5, 5.41) is 0. The van der Waals surface area contributed by atoms with E-state index in [4.69, 9.17) is 4.74 Å². The largest absolute Gasteiger partial charge is 0.380 e. The maximum Gasteiger partial charge on any atom is 0.236 e. The number of benzene rings is 1. The van der Waals surface area contributed by atoms with Gasteiger partial charge >= 0.3 is 0 Å². The van der Waals surface area contributed by atoms with Gasteiger partial charge in [0, 0.05) is 38.1 Å². The highest BCUT2D eigenvalue weighted by Crippen LogP contribution is 2.27. The van der Waals surface area contributed by atoms with Crippen molar-refractivity contribution in [2.75, 3.05) is 52.5 Å². The summed E-state index contributed by atoms with van der Waals surface area (Å²) in [6, 6.07) is 11.2. The average molecular weight is 386 g/mol. The van der Waals surface area contributed by atoms with Gasteiger partial charge in [0.1, 0.15) is 0 Å². The Morgan fingerprint density at radius 3 is 2.57 bits per heavy atom. The van der Waals surface area contributed by atoms with Crippen LogP contribution in [-0.4, -0.2) is 79.1 Å². The Kier molecular flexibility index (Phi) is 7.00. The van der Waals surface area contributed by atoms with Crippen molar-refractivity contribution >= 4 is 5.91 Å². The van der Waals surface area contributed by atoms with Crippen LogP contribution in [0.2, 0.25) is 0 Å². The van der Waals surface area contributed by atoms with Gasteiger partial charge in [-0.1, -0.05) is 43.2 Å². The van der Waals surface area contributed by atoms with Gasteiger partial charge in [-0.05, 0) is 37.9 Å². The highest BCUT2D eigenvalue weighted by atomic mass is 16.5. The summed E-state index contributed by atoms with van der Waals surface area (Å²) >= 11 is 0. The first-order valence-electron chi connectivity index (χ1n) is 11.2. The van der Waals surface area contributed by atoms with Crippen molar-refractivity contribution in [3.8, 4) is 0 Å². The summed E-state index contributed by atoms with van der Waals surface area (Å²) in [5.74, 6) is 0.743. The Bertz CT molecular complexity index is 616. The third-order valence-corrected chi connectivity index (χ3v) is 6.66. The monoisotopic (exact) mass is 385 g/mol. The van der Waals surface area contributed by atoms with Crippen LogP contribution < -0.4 is 0 Å². The van der Waals surface area contributed by atoms with Gasteiger partial charge in [-0.2, -0.15) is 0 Å². The van der Waals surface area contributed by atoms with E-state index in [1.54, 1.807) is 0 Å². The van der Waals surface area contributed by atoms with Gasteiger partial charge in [0.15, 0.2) is 0 Å². The molecule has 1 amide bonds. The third kappa shape index (κ3) is 5.13. The van der Waals surface area contributed by atoms with E-state index in [2.05, 4.69) is 45.0 Å². The quantitative estimate of drug-likeness (QED) is 0.798. The normalized spacial score (nSPS) is 27.6. The molecule has 0 unspecified atom stereocenters. The van der Waals surface area contributed by atoms with Gasteiger partial charge < -0.3 is 9.64 Å². The molecule has 5 heteroatoms. The highest BCUT2D eigenvalue weighted by molar-refractivity contribution is 5.78. The summed E-state index contributed by atoms with van der Waals surface area (Å²) < 4.78 is 5.94. The lowest BCUT2D eigenvalue weighted by Crippen LogP contribution is -2.54. The minimum atomic E-state index is 0.319. The second-order valence-corrected chi connectivity index (χ2v) is 8.68. The lowest BCUT2D eigenvalue weighted by molar-refractivity contribution is -0.135. The van der Waals surface area contributed by atoms with Crippen LogP contribution in [0.25, 0.3) is 0 Å². The second kappa shape index (κ2) is 9.86. The topological polar surface area (TPSA) is 36.0 Å². The van der Waals surface area contributed by atoms with Gasteiger partial charge in [-0.15, -0.1) is 0 Å². The molecule has 0 aromatic heterocycles. The fraction of sp³-hybridized carbons (Fsp3) is 0.696. The molecule has 0 radical (unpaired) electrons. The predicted molar refractivity (Wildman–Crippen MR) is 111 cm³/mol. The molecule has 3 aliphatic heterocycles. The zero-order chi connectivity index (χ0) is 19.2. The van der Waals surface area contributed by atoms with Gasteiger partial charge in [-0.25, -0.2) is 0 Å². The molecule has 2 atom stereocenters. The maximum absolute atomic E-state index is 12.9. The van der Waals surface area contributed by atoms with Crippen LogP contribution in [0.4, 0.5) is 0 Å². The molecule has 3 fully saturated rings. The number of nitrogens with zero attached hydrogens (tertiary/aromatic N) is 3. The first-order chi connectivity index (χ1) is 13.8. The highest BCUT2D eigenvalue weighted by Gasteiger charge is 2.36. The standard InChI is InChI=1S/C23H35N3O2/c27-23(18-24-11-6-1-2-7-12-24)26-13-10-22-21(17-26)19-28-15-14-25(22)16-20-8-4-3-5-9-20/h3-5,8-9,21-22H,1-2,6-7,10-19H2/t21-,22-/m1/s1. The first kappa shape index (κ1) is 19.9. The Hall–Kier alpha value is -1.43. The SMILES string of the molecule is O=C(CN1CCCCCC1)N1CC[C@@H]2[C@@H](COCCN2Cc2ccccc2)C1. The van der Waals surface area contributed by atoms with E-state index < -0.39 is 0 Å². The summed E-state index contributed by atoms with van der Waals surface area (Å²) in [6.45, 7) is 8.04. The molecule has 4 rings (SSSR count). The molecule has 5 nitrogen and oxygen atoms in total. The molecule has 28 heavy (non-hydrogen) atoms. The fourth-order valence-corrected chi connectivity index (χ4v) is 5.07. The lowest BCUT2D eigenvalue weighted by atomic mass is 9.91. The number of fused-ring (bicyclic) bond motifs is 1. The molecule has 0 N–H and O–H groups in total. The maximum atomic E-state index is 12.9. The van der Waals surface area contributed by atoms with E-state index in [0.717, 1.165) is 58.9 Å². The van der Waals surface area contributed by atoms with Crippen LogP contribution in [0, 0.1) is 5.92 Å². The molecule has 1 aromatic carbocycles. The van der Waals surface area contributed by atoms with Crippen molar-refractivity contribution in [3.63, 3.8) is 0 Å². The molecule has 3 heterocycles. The van der Waals surface area contributed by atoms with Crippen molar-refractivity contribution in [2.24, 2.45) is 5.92 Å².